The van der Waals surface area contributed by atoms with Gasteiger partial charge in [-0.2, -0.15) is 0 Å². The van der Waals surface area contributed by atoms with Crippen LogP contribution in [0.1, 0.15) is 31.9 Å². The van der Waals surface area contributed by atoms with Gasteiger partial charge in [0.1, 0.15) is 0 Å². The van der Waals surface area contributed by atoms with Crippen LogP contribution in [0, 0.1) is 5.92 Å². The molecular weight excluding hydrogens is 239 g/mol. The smallest absolute Gasteiger partial charge is 0.0906 e. The molecule has 2 rings (SSSR count). The summed E-state index contributed by atoms with van der Waals surface area (Å²) in [6, 6.07) is 11.4. The SMILES string of the molecule is CC(C)C1CN(CCCF)C(c2ccccc2)CN1. The normalized spacial score (nSPS) is 24.8. The van der Waals surface area contributed by atoms with E-state index in [1.807, 2.05) is 6.07 Å². The Bertz CT molecular complexity index is 366. The molecule has 3 heteroatoms. The van der Waals surface area contributed by atoms with Crippen molar-refractivity contribution >= 4 is 0 Å². The Labute approximate surface area is 116 Å². The highest BCUT2D eigenvalue weighted by molar-refractivity contribution is 5.20. The van der Waals surface area contributed by atoms with Crippen molar-refractivity contribution in [1.29, 1.82) is 0 Å². The van der Waals surface area contributed by atoms with Crippen molar-refractivity contribution in [2.24, 2.45) is 5.92 Å². The van der Waals surface area contributed by atoms with E-state index >= 15 is 0 Å². The van der Waals surface area contributed by atoms with Crippen LogP contribution in [0.5, 0.6) is 0 Å². The molecule has 1 aromatic carbocycles. The van der Waals surface area contributed by atoms with Crippen LogP contribution < -0.4 is 5.32 Å². The molecule has 0 radical (unpaired) electrons. The number of halogens is 1. The third-order valence-corrected chi connectivity index (χ3v) is 4.01. The van der Waals surface area contributed by atoms with E-state index in [9.17, 15) is 4.39 Å². The number of hydrogen-bond acceptors (Lipinski definition) is 2. The summed E-state index contributed by atoms with van der Waals surface area (Å²) >= 11 is 0. The molecule has 1 N–H and O–H groups in total. The molecule has 1 fully saturated rings. The largest absolute Gasteiger partial charge is 0.311 e. The van der Waals surface area contributed by atoms with Gasteiger partial charge in [-0.3, -0.25) is 9.29 Å². The van der Waals surface area contributed by atoms with E-state index in [0.717, 1.165) is 19.6 Å². The van der Waals surface area contributed by atoms with Crippen LogP contribution in [0.15, 0.2) is 30.3 Å². The maximum Gasteiger partial charge on any atom is 0.0906 e. The third-order valence-electron chi connectivity index (χ3n) is 4.01. The highest BCUT2D eigenvalue weighted by Crippen LogP contribution is 2.25. The van der Waals surface area contributed by atoms with Crippen molar-refractivity contribution in [3.05, 3.63) is 35.9 Å². The van der Waals surface area contributed by atoms with Crippen LogP contribution >= 0.6 is 0 Å². The first-order valence-electron chi connectivity index (χ1n) is 7.30. The first-order chi connectivity index (χ1) is 9.22. The molecule has 2 atom stereocenters. The standard InChI is InChI=1S/C16H25FN2/c1-13(2)15-12-19(10-6-9-17)16(11-18-15)14-7-4-3-5-8-14/h3-5,7-8,13,15-16,18H,6,9-12H2,1-2H3. The number of hydrogen-bond donors (Lipinski definition) is 1. The van der Waals surface area contributed by atoms with E-state index in [2.05, 4.69) is 48.3 Å². The maximum absolute atomic E-state index is 12.5. The maximum atomic E-state index is 12.5. The van der Waals surface area contributed by atoms with Gasteiger partial charge in [0, 0.05) is 31.7 Å². The summed E-state index contributed by atoms with van der Waals surface area (Å²) in [5, 5.41) is 3.64. The topological polar surface area (TPSA) is 15.3 Å². The van der Waals surface area contributed by atoms with Crippen LogP contribution in [0.4, 0.5) is 4.39 Å². The quantitative estimate of drug-likeness (QED) is 0.879. The first-order valence-corrected chi connectivity index (χ1v) is 7.30. The van der Waals surface area contributed by atoms with Gasteiger partial charge >= 0.3 is 0 Å². The summed E-state index contributed by atoms with van der Waals surface area (Å²) in [4.78, 5) is 2.44. The van der Waals surface area contributed by atoms with Crippen LogP contribution in [-0.2, 0) is 0 Å². The Morgan fingerprint density at radius 1 is 1.32 bits per heavy atom. The fourth-order valence-corrected chi connectivity index (χ4v) is 2.80. The fourth-order valence-electron chi connectivity index (χ4n) is 2.80. The molecule has 106 valence electrons. The Morgan fingerprint density at radius 2 is 2.05 bits per heavy atom. The van der Waals surface area contributed by atoms with E-state index in [1.165, 1.54) is 5.56 Å². The zero-order chi connectivity index (χ0) is 13.7. The summed E-state index contributed by atoms with van der Waals surface area (Å²) in [7, 11) is 0. The van der Waals surface area contributed by atoms with Crippen molar-refractivity contribution in [2.75, 3.05) is 26.3 Å². The Balaban J connectivity index is 2.08. The summed E-state index contributed by atoms with van der Waals surface area (Å²) < 4.78 is 12.5. The molecule has 1 aromatic rings. The lowest BCUT2D eigenvalue weighted by Crippen LogP contribution is -2.54. The summed E-state index contributed by atoms with van der Waals surface area (Å²) in [5.41, 5.74) is 1.33. The van der Waals surface area contributed by atoms with Gasteiger partial charge in [0.05, 0.1) is 6.67 Å². The van der Waals surface area contributed by atoms with Gasteiger partial charge in [-0.1, -0.05) is 44.2 Å². The van der Waals surface area contributed by atoms with Crippen LogP contribution in [0.25, 0.3) is 0 Å². The number of nitrogens with one attached hydrogen (secondary N) is 1. The van der Waals surface area contributed by atoms with E-state index in [-0.39, 0.29) is 6.67 Å². The molecule has 2 nitrogen and oxygen atoms in total. The molecule has 19 heavy (non-hydrogen) atoms. The molecule has 0 amide bonds. The molecule has 0 aromatic heterocycles. The lowest BCUT2D eigenvalue weighted by molar-refractivity contribution is 0.109. The zero-order valence-electron chi connectivity index (χ0n) is 12.0. The van der Waals surface area contributed by atoms with E-state index < -0.39 is 0 Å². The minimum Gasteiger partial charge on any atom is -0.311 e. The highest BCUT2D eigenvalue weighted by atomic mass is 19.1. The predicted molar refractivity (Wildman–Crippen MR) is 78.0 cm³/mol. The minimum absolute atomic E-state index is 0.224. The molecule has 2 unspecified atom stereocenters. The average Bonchev–Trinajstić information content (AvgIpc) is 2.45. The summed E-state index contributed by atoms with van der Waals surface area (Å²) in [6.07, 6.45) is 0.633. The van der Waals surface area contributed by atoms with Gasteiger partial charge in [-0.15, -0.1) is 0 Å². The number of rotatable bonds is 5. The van der Waals surface area contributed by atoms with Crippen LogP contribution in [-0.4, -0.2) is 37.3 Å². The van der Waals surface area contributed by atoms with Crippen molar-refractivity contribution in [3.8, 4) is 0 Å². The molecule has 1 saturated heterocycles. The summed E-state index contributed by atoms with van der Waals surface area (Å²) in [5.74, 6) is 0.615. The number of nitrogens with zero attached hydrogens (tertiary/aromatic N) is 1. The summed E-state index contributed by atoms with van der Waals surface area (Å²) in [6.45, 7) is 7.08. The van der Waals surface area contributed by atoms with E-state index in [4.69, 9.17) is 0 Å². The Kier molecular flexibility index (Phi) is 5.34. The zero-order valence-corrected chi connectivity index (χ0v) is 12.0. The van der Waals surface area contributed by atoms with Gasteiger partial charge in [-0.25, -0.2) is 0 Å². The second-order valence-corrected chi connectivity index (χ2v) is 5.72. The molecular formula is C16H25FN2. The molecule has 1 aliphatic rings. The van der Waals surface area contributed by atoms with Gasteiger partial charge in [-0.05, 0) is 17.9 Å². The third kappa shape index (κ3) is 3.77. The Hall–Kier alpha value is -0.930. The van der Waals surface area contributed by atoms with Gasteiger partial charge in [0.2, 0.25) is 0 Å². The van der Waals surface area contributed by atoms with E-state index in [1.54, 1.807) is 0 Å². The highest BCUT2D eigenvalue weighted by Gasteiger charge is 2.29. The van der Waals surface area contributed by atoms with Crippen molar-refractivity contribution in [1.82, 2.24) is 10.2 Å². The predicted octanol–water partition coefficient (Wildman–Crippen LogP) is 3.02. The van der Waals surface area contributed by atoms with Crippen LogP contribution in [0.2, 0.25) is 0 Å². The molecule has 1 aliphatic heterocycles. The Morgan fingerprint density at radius 3 is 2.68 bits per heavy atom. The van der Waals surface area contributed by atoms with Gasteiger partial charge in [0.25, 0.3) is 0 Å². The number of benzene rings is 1. The molecule has 1 heterocycles. The molecule has 0 spiro atoms. The minimum atomic E-state index is -0.224. The second-order valence-electron chi connectivity index (χ2n) is 5.72. The monoisotopic (exact) mass is 264 g/mol. The van der Waals surface area contributed by atoms with Crippen molar-refractivity contribution < 1.29 is 4.39 Å². The lowest BCUT2D eigenvalue weighted by atomic mass is 9.96. The fraction of sp³-hybridized carbons (Fsp3) is 0.625. The van der Waals surface area contributed by atoms with Gasteiger partial charge in [0.15, 0.2) is 0 Å². The molecule has 0 bridgehead atoms. The molecule has 0 saturated carbocycles. The van der Waals surface area contributed by atoms with E-state index in [0.29, 0.717) is 24.4 Å². The number of piperazine rings is 1. The average molecular weight is 264 g/mol. The second kappa shape index (κ2) is 7.01. The lowest BCUT2D eigenvalue weighted by Gasteiger charge is -2.42. The molecule has 0 aliphatic carbocycles. The van der Waals surface area contributed by atoms with Crippen molar-refractivity contribution in [2.45, 2.75) is 32.4 Å². The number of alkyl halides is 1. The first kappa shape index (κ1) is 14.5. The van der Waals surface area contributed by atoms with Crippen LogP contribution in [0.3, 0.4) is 0 Å². The van der Waals surface area contributed by atoms with Gasteiger partial charge < -0.3 is 5.32 Å². The van der Waals surface area contributed by atoms with Crippen molar-refractivity contribution in [3.63, 3.8) is 0 Å².